The zero-order chi connectivity index (χ0) is 16.5. The molecule has 1 aliphatic rings. The van der Waals surface area contributed by atoms with Gasteiger partial charge in [-0.25, -0.2) is 4.68 Å². The van der Waals surface area contributed by atoms with Crippen molar-refractivity contribution in [3.63, 3.8) is 0 Å². The Morgan fingerprint density at radius 1 is 1.08 bits per heavy atom. The second-order valence-electron chi connectivity index (χ2n) is 5.96. The molecule has 0 saturated carbocycles. The third-order valence-corrected chi connectivity index (χ3v) is 5.06. The number of halogens is 2. The molecule has 1 aliphatic heterocycles. The fourth-order valence-corrected chi connectivity index (χ4v) is 3.59. The SMILES string of the molecule is Clc1cccc(-c2nn(-c3ccc(Br)cc3)c3c2CCCCN3)c1. The molecule has 24 heavy (non-hydrogen) atoms. The second-order valence-corrected chi connectivity index (χ2v) is 7.31. The third-order valence-electron chi connectivity index (χ3n) is 4.30. The van der Waals surface area contributed by atoms with Crippen LogP contribution in [0.25, 0.3) is 16.9 Å². The van der Waals surface area contributed by atoms with Crippen LogP contribution in [0.5, 0.6) is 0 Å². The number of rotatable bonds is 2. The zero-order valence-corrected chi connectivity index (χ0v) is 15.4. The Hall–Kier alpha value is -1.78. The van der Waals surface area contributed by atoms with Crippen LogP contribution >= 0.6 is 27.5 Å². The van der Waals surface area contributed by atoms with Gasteiger partial charge in [0.2, 0.25) is 0 Å². The number of hydrogen-bond donors (Lipinski definition) is 1. The summed E-state index contributed by atoms with van der Waals surface area (Å²) >= 11 is 9.69. The van der Waals surface area contributed by atoms with Gasteiger partial charge in [-0.3, -0.25) is 0 Å². The van der Waals surface area contributed by atoms with Gasteiger partial charge in [-0.2, -0.15) is 5.10 Å². The molecule has 0 aliphatic carbocycles. The molecular weight excluding hydrogens is 386 g/mol. The zero-order valence-electron chi connectivity index (χ0n) is 13.1. The molecule has 0 unspecified atom stereocenters. The van der Waals surface area contributed by atoms with E-state index in [1.807, 2.05) is 35.0 Å². The number of fused-ring (bicyclic) bond motifs is 1. The van der Waals surface area contributed by atoms with Crippen LogP contribution in [0.4, 0.5) is 5.82 Å². The van der Waals surface area contributed by atoms with Crippen LogP contribution in [0, 0.1) is 0 Å². The predicted octanol–water partition coefficient (Wildman–Crippen LogP) is 5.70. The van der Waals surface area contributed by atoms with Crippen LogP contribution in [0.3, 0.4) is 0 Å². The van der Waals surface area contributed by atoms with E-state index >= 15 is 0 Å². The maximum absolute atomic E-state index is 6.20. The quantitative estimate of drug-likeness (QED) is 0.595. The maximum atomic E-state index is 6.20. The molecule has 2 aromatic carbocycles. The Morgan fingerprint density at radius 2 is 1.92 bits per heavy atom. The van der Waals surface area contributed by atoms with E-state index in [1.54, 1.807) is 0 Å². The fourth-order valence-electron chi connectivity index (χ4n) is 3.14. The monoisotopic (exact) mass is 401 g/mol. The van der Waals surface area contributed by atoms with Crippen molar-refractivity contribution >= 4 is 33.3 Å². The molecule has 1 aromatic heterocycles. The minimum atomic E-state index is 0.737. The summed E-state index contributed by atoms with van der Waals surface area (Å²) in [5, 5.41) is 9.23. The lowest BCUT2D eigenvalue weighted by molar-refractivity contribution is 0.780. The Kier molecular flexibility index (Phi) is 4.33. The highest BCUT2D eigenvalue weighted by Gasteiger charge is 2.21. The Labute approximate surface area is 154 Å². The summed E-state index contributed by atoms with van der Waals surface area (Å²) in [6.45, 7) is 0.976. The number of anilines is 1. The molecule has 0 amide bonds. The highest BCUT2D eigenvalue weighted by molar-refractivity contribution is 9.10. The van der Waals surface area contributed by atoms with Crippen molar-refractivity contribution in [1.29, 1.82) is 0 Å². The average Bonchev–Trinajstić information content (AvgIpc) is 2.77. The van der Waals surface area contributed by atoms with E-state index in [-0.39, 0.29) is 0 Å². The Balaban J connectivity index is 1.90. The molecule has 0 bridgehead atoms. The summed E-state index contributed by atoms with van der Waals surface area (Å²) in [7, 11) is 0. The van der Waals surface area contributed by atoms with Gasteiger partial charge in [0.1, 0.15) is 5.82 Å². The molecule has 0 atom stereocenters. The number of hydrogen-bond acceptors (Lipinski definition) is 2. The van der Waals surface area contributed by atoms with Crippen molar-refractivity contribution in [2.75, 3.05) is 11.9 Å². The molecule has 4 rings (SSSR count). The van der Waals surface area contributed by atoms with Crippen LogP contribution in [-0.2, 0) is 6.42 Å². The minimum absolute atomic E-state index is 0.737. The van der Waals surface area contributed by atoms with Crippen molar-refractivity contribution in [2.24, 2.45) is 0 Å². The van der Waals surface area contributed by atoms with Gasteiger partial charge in [-0.15, -0.1) is 0 Å². The topological polar surface area (TPSA) is 29.9 Å². The van der Waals surface area contributed by atoms with E-state index in [1.165, 1.54) is 18.4 Å². The number of aromatic nitrogens is 2. The molecule has 5 heteroatoms. The molecule has 0 saturated heterocycles. The van der Waals surface area contributed by atoms with Crippen LogP contribution in [-0.4, -0.2) is 16.3 Å². The number of benzene rings is 2. The first kappa shape index (κ1) is 15.7. The Morgan fingerprint density at radius 3 is 2.71 bits per heavy atom. The fraction of sp³-hybridized carbons (Fsp3) is 0.211. The van der Waals surface area contributed by atoms with Gasteiger partial charge in [0.25, 0.3) is 0 Å². The van der Waals surface area contributed by atoms with Gasteiger partial charge in [0.15, 0.2) is 0 Å². The molecule has 1 N–H and O–H groups in total. The molecule has 3 nitrogen and oxygen atoms in total. The summed E-state index contributed by atoms with van der Waals surface area (Å²) in [6, 6.07) is 16.2. The molecular formula is C19H17BrClN3. The largest absolute Gasteiger partial charge is 0.370 e. The standard InChI is InChI=1S/C19H17BrClN3/c20-14-7-9-16(10-8-14)24-19-17(6-1-2-11-22-19)18(23-24)13-4-3-5-15(21)12-13/h3-5,7-10,12,22H,1-2,6,11H2. The van der Waals surface area contributed by atoms with Crippen molar-refractivity contribution in [2.45, 2.75) is 19.3 Å². The Bertz CT molecular complexity index is 871. The molecule has 0 fully saturated rings. The lowest BCUT2D eigenvalue weighted by atomic mass is 10.0. The molecule has 0 spiro atoms. The van der Waals surface area contributed by atoms with E-state index < -0.39 is 0 Å². The molecule has 2 heterocycles. The van der Waals surface area contributed by atoms with Crippen molar-refractivity contribution in [1.82, 2.24) is 9.78 Å². The first-order valence-corrected chi connectivity index (χ1v) is 9.27. The van der Waals surface area contributed by atoms with Gasteiger partial charge < -0.3 is 5.32 Å². The van der Waals surface area contributed by atoms with Gasteiger partial charge in [-0.05, 0) is 55.7 Å². The summed E-state index contributed by atoms with van der Waals surface area (Å²) < 4.78 is 3.08. The summed E-state index contributed by atoms with van der Waals surface area (Å²) in [4.78, 5) is 0. The van der Waals surface area contributed by atoms with Gasteiger partial charge >= 0.3 is 0 Å². The highest BCUT2D eigenvalue weighted by Crippen LogP contribution is 2.34. The first-order chi connectivity index (χ1) is 11.7. The van der Waals surface area contributed by atoms with E-state index in [9.17, 15) is 0 Å². The molecule has 0 radical (unpaired) electrons. The van der Waals surface area contributed by atoms with E-state index in [0.717, 1.165) is 45.2 Å². The van der Waals surface area contributed by atoms with Gasteiger partial charge in [0.05, 0.1) is 11.4 Å². The van der Waals surface area contributed by atoms with Crippen LogP contribution in [0.1, 0.15) is 18.4 Å². The summed E-state index contributed by atoms with van der Waals surface area (Å²) in [6.07, 6.45) is 3.37. The molecule has 3 aromatic rings. The van der Waals surface area contributed by atoms with E-state index in [4.69, 9.17) is 16.7 Å². The van der Waals surface area contributed by atoms with Gasteiger partial charge in [0, 0.05) is 27.2 Å². The normalized spacial score (nSPS) is 13.9. The average molecular weight is 403 g/mol. The van der Waals surface area contributed by atoms with E-state index in [2.05, 4.69) is 39.4 Å². The highest BCUT2D eigenvalue weighted by atomic mass is 79.9. The molecule has 122 valence electrons. The predicted molar refractivity (Wildman–Crippen MR) is 103 cm³/mol. The lowest BCUT2D eigenvalue weighted by Crippen LogP contribution is -2.07. The van der Waals surface area contributed by atoms with Crippen molar-refractivity contribution in [3.05, 3.63) is 63.6 Å². The minimum Gasteiger partial charge on any atom is -0.370 e. The van der Waals surface area contributed by atoms with Crippen LogP contribution in [0.2, 0.25) is 5.02 Å². The second kappa shape index (κ2) is 6.61. The van der Waals surface area contributed by atoms with Crippen molar-refractivity contribution < 1.29 is 0 Å². The lowest BCUT2D eigenvalue weighted by Gasteiger charge is -2.09. The summed E-state index contributed by atoms with van der Waals surface area (Å²) in [5.41, 5.74) is 4.41. The van der Waals surface area contributed by atoms with Gasteiger partial charge in [-0.1, -0.05) is 39.7 Å². The maximum Gasteiger partial charge on any atom is 0.133 e. The smallest absolute Gasteiger partial charge is 0.133 e. The summed E-state index contributed by atoms with van der Waals surface area (Å²) in [5.74, 6) is 1.10. The van der Waals surface area contributed by atoms with E-state index in [0.29, 0.717) is 0 Å². The number of nitrogens with zero attached hydrogens (tertiary/aromatic N) is 2. The third kappa shape index (κ3) is 2.96. The van der Waals surface area contributed by atoms with Crippen LogP contribution < -0.4 is 5.32 Å². The first-order valence-electron chi connectivity index (χ1n) is 8.10. The van der Waals surface area contributed by atoms with Crippen LogP contribution in [0.15, 0.2) is 53.0 Å². The van der Waals surface area contributed by atoms with Crippen molar-refractivity contribution in [3.8, 4) is 16.9 Å². The number of nitrogens with one attached hydrogen (secondary N) is 1.